The van der Waals surface area contributed by atoms with Crippen molar-refractivity contribution in [2.75, 3.05) is 10.6 Å². The van der Waals surface area contributed by atoms with Crippen molar-refractivity contribution in [3.8, 4) is 16.9 Å². The lowest BCUT2D eigenvalue weighted by atomic mass is 10.0. The first-order valence-corrected chi connectivity index (χ1v) is 11.5. The van der Waals surface area contributed by atoms with Crippen molar-refractivity contribution < 1.29 is 9.59 Å². The van der Waals surface area contributed by atoms with Crippen LogP contribution in [0.2, 0.25) is 0 Å². The van der Waals surface area contributed by atoms with Crippen LogP contribution in [0, 0.1) is 6.92 Å². The first-order chi connectivity index (χ1) is 15.8. The molecule has 2 heterocycles. The molecule has 8 heteroatoms. The van der Waals surface area contributed by atoms with Crippen LogP contribution in [0.15, 0.2) is 60.1 Å². The average Bonchev–Trinajstić information content (AvgIpc) is 3.42. The summed E-state index contributed by atoms with van der Waals surface area (Å²) in [7, 11) is 0. The van der Waals surface area contributed by atoms with Gasteiger partial charge in [-0.05, 0) is 37.1 Å². The molecule has 0 bridgehead atoms. The van der Waals surface area contributed by atoms with E-state index in [9.17, 15) is 9.59 Å². The molecular formula is C25H25N5O2S. The molecule has 168 valence electrons. The van der Waals surface area contributed by atoms with Crippen LogP contribution in [0.1, 0.15) is 48.3 Å². The number of nitrogens with zero attached hydrogens (tertiary/aromatic N) is 3. The minimum atomic E-state index is -0.237. The summed E-state index contributed by atoms with van der Waals surface area (Å²) in [6.07, 6.45) is 1.61. The zero-order chi connectivity index (χ0) is 23.5. The van der Waals surface area contributed by atoms with E-state index >= 15 is 0 Å². The van der Waals surface area contributed by atoms with Gasteiger partial charge in [-0.2, -0.15) is 5.10 Å². The number of anilines is 2. The number of nitrogens with one attached hydrogen (secondary N) is 2. The van der Waals surface area contributed by atoms with Gasteiger partial charge in [0, 0.05) is 23.6 Å². The van der Waals surface area contributed by atoms with Crippen molar-refractivity contribution in [1.29, 1.82) is 0 Å². The summed E-state index contributed by atoms with van der Waals surface area (Å²) in [6.45, 7) is 7.60. The average molecular weight is 460 g/mol. The maximum atomic E-state index is 13.1. The molecule has 0 atom stereocenters. The second kappa shape index (κ2) is 9.38. The van der Waals surface area contributed by atoms with Crippen LogP contribution >= 0.6 is 11.3 Å². The molecule has 4 aromatic rings. The van der Waals surface area contributed by atoms with E-state index in [2.05, 4.69) is 20.7 Å². The fraction of sp³-hybridized carbons (Fsp3) is 0.200. The fourth-order valence-corrected chi connectivity index (χ4v) is 4.25. The van der Waals surface area contributed by atoms with Gasteiger partial charge in [-0.3, -0.25) is 14.9 Å². The SMILES string of the molecule is CC(=O)Nc1ccc(-c2csc(NC(=O)c3cnn(-c4ccc(C)cc4)c3C(C)C)n2)cc1. The van der Waals surface area contributed by atoms with E-state index in [0.29, 0.717) is 10.7 Å². The highest BCUT2D eigenvalue weighted by Gasteiger charge is 2.22. The van der Waals surface area contributed by atoms with E-state index in [1.807, 2.05) is 79.4 Å². The molecular weight excluding hydrogens is 434 g/mol. The second-order valence-corrected chi connectivity index (χ2v) is 8.95. The lowest BCUT2D eigenvalue weighted by molar-refractivity contribution is -0.114. The number of amides is 2. The summed E-state index contributed by atoms with van der Waals surface area (Å²) in [5, 5.41) is 12.5. The van der Waals surface area contributed by atoms with Gasteiger partial charge in [-0.15, -0.1) is 11.3 Å². The van der Waals surface area contributed by atoms with Crippen LogP contribution in [0.4, 0.5) is 10.8 Å². The van der Waals surface area contributed by atoms with E-state index in [1.165, 1.54) is 23.8 Å². The van der Waals surface area contributed by atoms with Crippen molar-refractivity contribution in [1.82, 2.24) is 14.8 Å². The molecule has 0 spiro atoms. The molecule has 2 aromatic carbocycles. The van der Waals surface area contributed by atoms with E-state index in [0.717, 1.165) is 28.3 Å². The zero-order valence-electron chi connectivity index (χ0n) is 18.9. The monoisotopic (exact) mass is 459 g/mol. The van der Waals surface area contributed by atoms with Crippen LogP contribution in [0.3, 0.4) is 0 Å². The van der Waals surface area contributed by atoms with Crippen molar-refractivity contribution in [2.45, 2.75) is 33.6 Å². The summed E-state index contributed by atoms with van der Waals surface area (Å²) < 4.78 is 1.82. The lowest BCUT2D eigenvalue weighted by Gasteiger charge is -2.12. The van der Waals surface area contributed by atoms with Gasteiger partial charge in [-0.25, -0.2) is 9.67 Å². The molecule has 0 aliphatic heterocycles. The Morgan fingerprint density at radius 2 is 1.70 bits per heavy atom. The number of hydrogen-bond donors (Lipinski definition) is 2. The van der Waals surface area contributed by atoms with Gasteiger partial charge >= 0.3 is 0 Å². The Balaban J connectivity index is 1.54. The first-order valence-electron chi connectivity index (χ1n) is 10.6. The lowest BCUT2D eigenvalue weighted by Crippen LogP contribution is -2.15. The Morgan fingerprint density at radius 1 is 1.00 bits per heavy atom. The Bertz CT molecular complexity index is 1290. The third kappa shape index (κ3) is 5.01. The predicted molar refractivity (Wildman–Crippen MR) is 132 cm³/mol. The molecule has 0 radical (unpaired) electrons. The molecule has 33 heavy (non-hydrogen) atoms. The van der Waals surface area contributed by atoms with Crippen LogP contribution in [0.5, 0.6) is 0 Å². The van der Waals surface area contributed by atoms with Gasteiger partial charge in [0.2, 0.25) is 5.91 Å². The summed E-state index contributed by atoms with van der Waals surface area (Å²) in [5.74, 6) is -0.254. The smallest absolute Gasteiger partial charge is 0.260 e. The molecule has 0 aliphatic rings. The Kier molecular flexibility index (Phi) is 6.37. The van der Waals surface area contributed by atoms with Crippen LogP contribution < -0.4 is 10.6 Å². The quantitative estimate of drug-likeness (QED) is 0.391. The number of carbonyl (C=O) groups excluding carboxylic acids is 2. The number of carbonyl (C=O) groups is 2. The summed E-state index contributed by atoms with van der Waals surface area (Å²) in [4.78, 5) is 28.8. The first kappa shape index (κ1) is 22.4. The predicted octanol–water partition coefficient (Wildman–Crippen LogP) is 5.64. The van der Waals surface area contributed by atoms with Crippen molar-refractivity contribution in [3.05, 3.63) is 76.9 Å². The minimum absolute atomic E-state index is 0.100. The van der Waals surface area contributed by atoms with Crippen molar-refractivity contribution >= 4 is 34.0 Å². The maximum Gasteiger partial charge on any atom is 0.260 e. The second-order valence-electron chi connectivity index (χ2n) is 8.10. The van der Waals surface area contributed by atoms with E-state index < -0.39 is 0 Å². The highest BCUT2D eigenvalue weighted by molar-refractivity contribution is 7.14. The van der Waals surface area contributed by atoms with Gasteiger partial charge in [0.05, 0.1) is 28.8 Å². The molecule has 4 rings (SSSR count). The van der Waals surface area contributed by atoms with Crippen LogP contribution in [-0.2, 0) is 4.79 Å². The summed E-state index contributed by atoms with van der Waals surface area (Å²) in [6, 6.07) is 15.5. The normalized spacial score (nSPS) is 10.9. The Hall–Kier alpha value is -3.78. The number of thiazole rings is 1. The third-order valence-electron chi connectivity index (χ3n) is 5.10. The number of aryl methyl sites for hydroxylation is 1. The number of rotatable bonds is 6. The van der Waals surface area contributed by atoms with Crippen LogP contribution in [0.25, 0.3) is 16.9 Å². The molecule has 0 unspecified atom stereocenters. The van der Waals surface area contributed by atoms with E-state index in [1.54, 1.807) is 6.20 Å². The summed E-state index contributed by atoms with van der Waals surface area (Å²) >= 11 is 1.36. The largest absolute Gasteiger partial charge is 0.326 e. The Labute approximate surface area is 196 Å². The van der Waals surface area contributed by atoms with Gasteiger partial charge in [0.15, 0.2) is 5.13 Å². The van der Waals surface area contributed by atoms with Gasteiger partial charge < -0.3 is 5.32 Å². The van der Waals surface area contributed by atoms with Gasteiger partial charge in [-0.1, -0.05) is 43.7 Å². The van der Waals surface area contributed by atoms with Gasteiger partial charge in [0.25, 0.3) is 5.91 Å². The maximum absolute atomic E-state index is 13.1. The van der Waals surface area contributed by atoms with Gasteiger partial charge in [0.1, 0.15) is 0 Å². The van der Waals surface area contributed by atoms with Crippen molar-refractivity contribution in [3.63, 3.8) is 0 Å². The van der Waals surface area contributed by atoms with E-state index in [4.69, 9.17) is 0 Å². The van der Waals surface area contributed by atoms with Crippen molar-refractivity contribution in [2.24, 2.45) is 0 Å². The summed E-state index contributed by atoms with van der Waals surface area (Å²) in [5.41, 5.74) is 5.84. The topological polar surface area (TPSA) is 88.9 Å². The van der Waals surface area contributed by atoms with Crippen LogP contribution in [-0.4, -0.2) is 26.6 Å². The minimum Gasteiger partial charge on any atom is -0.326 e. The zero-order valence-corrected chi connectivity index (χ0v) is 19.7. The molecule has 2 amide bonds. The molecule has 2 N–H and O–H groups in total. The highest BCUT2D eigenvalue weighted by Crippen LogP contribution is 2.28. The molecule has 2 aromatic heterocycles. The molecule has 0 saturated heterocycles. The molecule has 0 saturated carbocycles. The molecule has 0 fully saturated rings. The number of hydrogen-bond acceptors (Lipinski definition) is 5. The molecule has 7 nitrogen and oxygen atoms in total. The standard InChI is InChI=1S/C25H25N5O2S/c1-15(2)23-21(13-26-30(23)20-11-5-16(3)6-12-20)24(32)29-25-28-22(14-33-25)18-7-9-19(10-8-18)27-17(4)31/h5-15H,1-4H3,(H,27,31)(H,28,29,32). The fourth-order valence-electron chi connectivity index (χ4n) is 3.54. The van der Waals surface area contributed by atoms with E-state index in [-0.39, 0.29) is 17.7 Å². The Morgan fingerprint density at radius 3 is 2.33 bits per heavy atom. The third-order valence-corrected chi connectivity index (χ3v) is 5.86. The number of benzene rings is 2. The number of aromatic nitrogens is 3. The molecule has 0 aliphatic carbocycles. The highest BCUT2D eigenvalue weighted by atomic mass is 32.1.